The molecule has 0 saturated heterocycles. The molecule has 0 spiro atoms. The molecule has 0 aromatic heterocycles. The zero-order valence-corrected chi connectivity index (χ0v) is 10.7. The zero-order chi connectivity index (χ0) is 12.7. The number of carboxylic acid groups (broad SMARTS) is 1. The van der Waals surface area contributed by atoms with Crippen LogP contribution in [-0.4, -0.2) is 37.3 Å². The molecule has 0 bridgehead atoms. The lowest BCUT2D eigenvalue weighted by atomic mass is 10.2. The van der Waals surface area contributed by atoms with E-state index >= 15 is 0 Å². The fraction of sp³-hybridized carbons (Fsp3) is 0.273. The van der Waals surface area contributed by atoms with Crippen LogP contribution >= 0.6 is 12.4 Å². The van der Waals surface area contributed by atoms with E-state index in [9.17, 15) is 4.79 Å². The molecule has 100 valence electrons. The topological polar surface area (TPSA) is 96.9 Å². The summed E-state index contributed by atoms with van der Waals surface area (Å²) >= 11 is 0. The number of hydrogen-bond acceptors (Lipinski definition) is 3. The Morgan fingerprint density at radius 1 is 1.44 bits per heavy atom. The van der Waals surface area contributed by atoms with E-state index in [1.165, 1.54) is 12.1 Å². The number of nitrogens with zero attached hydrogens (tertiary/aromatic N) is 1. The second kappa shape index (κ2) is 8.32. The summed E-state index contributed by atoms with van der Waals surface area (Å²) in [4.78, 5) is 14.6. The van der Waals surface area contributed by atoms with Crippen molar-refractivity contribution >= 4 is 30.0 Å². The van der Waals surface area contributed by atoms with Gasteiger partial charge in [0.2, 0.25) is 0 Å². The summed E-state index contributed by atoms with van der Waals surface area (Å²) in [5.74, 6) is -0.691. The van der Waals surface area contributed by atoms with E-state index < -0.39 is 5.97 Å². The lowest BCUT2D eigenvalue weighted by Crippen LogP contribution is -2.23. The predicted octanol–water partition coefficient (Wildman–Crippen LogP) is 1.18. The summed E-state index contributed by atoms with van der Waals surface area (Å²) in [7, 11) is 1.59. The number of nitrogens with one attached hydrogen (secondary N) is 1. The highest BCUT2D eigenvalue weighted by Gasteiger charge is 2.01. The number of aliphatic imine (C=N–C) groups is 1. The minimum absolute atomic E-state index is 0. The Labute approximate surface area is 111 Å². The predicted molar refractivity (Wildman–Crippen MR) is 72.6 cm³/mol. The maximum atomic E-state index is 10.6. The van der Waals surface area contributed by atoms with Crippen LogP contribution in [0.15, 0.2) is 29.3 Å². The van der Waals surface area contributed by atoms with Crippen molar-refractivity contribution in [2.24, 2.45) is 10.7 Å². The van der Waals surface area contributed by atoms with Crippen LogP contribution < -0.4 is 11.1 Å². The second-order valence-corrected chi connectivity index (χ2v) is 3.27. The fourth-order valence-corrected chi connectivity index (χ4v) is 1.14. The van der Waals surface area contributed by atoms with Crippen LogP contribution in [0.2, 0.25) is 0 Å². The largest absolute Gasteiger partial charge is 0.478 e. The Morgan fingerprint density at radius 2 is 2.06 bits per heavy atom. The number of aromatic carboxylic acids is 1. The molecule has 0 aliphatic heterocycles. The molecule has 18 heavy (non-hydrogen) atoms. The van der Waals surface area contributed by atoms with Crippen LogP contribution in [0.3, 0.4) is 0 Å². The number of methoxy groups -OCH3 is 1. The summed E-state index contributed by atoms with van der Waals surface area (Å²) in [6, 6.07) is 6.24. The first kappa shape index (κ1) is 16.2. The third-order valence-corrected chi connectivity index (χ3v) is 1.98. The molecule has 0 aliphatic rings. The first-order chi connectivity index (χ1) is 8.13. The number of guanidine groups is 1. The normalized spacial score (nSPS) is 10.6. The molecule has 4 N–H and O–H groups in total. The van der Waals surface area contributed by atoms with E-state index in [1.54, 1.807) is 19.2 Å². The summed E-state index contributed by atoms with van der Waals surface area (Å²) in [5.41, 5.74) is 6.53. The van der Waals surface area contributed by atoms with Gasteiger partial charge < -0.3 is 20.9 Å². The van der Waals surface area contributed by atoms with E-state index in [0.717, 1.165) is 0 Å². The van der Waals surface area contributed by atoms with Gasteiger partial charge in [0.05, 0.1) is 18.7 Å². The van der Waals surface area contributed by atoms with Crippen molar-refractivity contribution in [2.45, 2.75) is 0 Å². The maximum absolute atomic E-state index is 10.6. The molecule has 1 aromatic rings. The summed E-state index contributed by atoms with van der Waals surface area (Å²) in [5, 5.41) is 11.6. The van der Waals surface area contributed by atoms with Crippen molar-refractivity contribution in [2.75, 3.05) is 25.6 Å². The average molecular weight is 274 g/mol. The van der Waals surface area contributed by atoms with Crippen molar-refractivity contribution in [1.82, 2.24) is 0 Å². The fourth-order valence-electron chi connectivity index (χ4n) is 1.14. The second-order valence-electron chi connectivity index (χ2n) is 3.27. The van der Waals surface area contributed by atoms with Crippen LogP contribution in [0.5, 0.6) is 0 Å². The van der Waals surface area contributed by atoms with Gasteiger partial charge in [0.15, 0.2) is 5.96 Å². The summed E-state index contributed by atoms with van der Waals surface area (Å²) in [6.07, 6.45) is 0. The minimum atomic E-state index is -0.960. The SMILES string of the molecule is COCCN=C(N)Nc1ccc(C(=O)O)cc1.Cl. The smallest absolute Gasteiger partial charge is 0.335 e. The minimum Gasteiger partial charge on any atom is -0.478 e. The van der Waals surface area contributed by atoms with E-state index in [2.05, 4.69) is 10.3 Å². The van der Waals surface area contributed by atoms with Crippen molar-refractivity contribution in [3.8, 4) is 0 Å². The standard InChI is InChI=1S/C11H15N3O3.ClH/c1-17-7-6-13-11(12)14-9-4-2-8(3-5-9)10(15)16;/h2-5H,6-7H2,1H3,(H,15,16)(H3,12,13,14);1H. The molecule has 6 nitrogen and oxygen atoms in total. The lowest BCUT2D eigenvalue weighted by Gasteiger charge is -2.05. The highest BCUT2D eigenvalue weighted by Crippen LogP contribution is 2.08. The lowest BCUT2D eigenvalue weighted by molar-refractivity contribution is 0.0697. The quantitative estimate of drug-likeness (QED) is 0.425. The zero-order valence-electron chi connectivity index (χ0n) is 9.92. The third-order valence-electron chi connectivity index (χ3n) is 1.98. The Balaban J connectivity index is 0.00000289. The van der Waals surface area contributed by atoms with Gasteiger partial charge in [0, 0.05) is 12.8 Å². The molecule has 0 unspecified atom stereocenters. The first-order valence-corrected chi connectivity index (χ1v) is 5.02. The molecular weight excluding hydrogens is 258 g/mol. The number of rotatable bonds is 5. The number of carboxylic acids is 1. The molecule has 0 amide bonds. The van der Waals surface area contributed by atoms with Crippen LogP contribution in [0.25, 0.3) is 0 Å². The van der Waals surface area contributed by atoms with Crippen LogP contribution in [0.4, 0.5) is 5.69 Å². The van der Waals surface area contributed by atoms with Crippen LogP contribution in [0.1, 0.15) is 10.4 Å². The molecule has 1 aromatic carbocycles. The molecule has 0 saturated carbocycles. The number of benzene rings is 1. The van der Waals surface area contributed by atoms with Crippen molar-refractivity contribution < 1.29 is 14.6 Å². The van der Waals surface area contributed by atoms with Crippen LogP contribution in [-0.2, 0) is 4.74 Å². The number of carbonyl (C=O) groups is 1. The average Bonchev–Trinajstić information content (AvgIpc) is 2.30. The van der Waals surface area contributed by atoms with Gasteiger partial charge in [0.25, 0.3) is 0 Å². The van der Waals surface area contributed by atoms with Crippen molar-refractivity contribution in [3.63, 3.8) is 0 Å². The van der Waals surface area contributed by atoms with Gasteiger partial charge in [-0.2, -0.15) is 0 Å². The number of halogens is 1. The van der Waals surface area contributed by atoms with Gasteiger partial charge >= 0.3 is 5.97 Å². The molecule has 0 heterocycles. The van der Waals surface area contributed by atoms with E-state index in [0.29, 0.717) is 18.8 Å². The van der Waals surface area contributed by atoms with Gasteiger partial charge in [0.1, 0.15) is 0 Å². The molecule has 0 aliphatic carbocycles. The molecular formula is C11H16ClN3O3. The third kappa shape index (κ3) is 5.51. The monoisotopic (exact) mass is 273 g/mol. The Morgan fingerprint density at radius 3 is 2.56 bits per heavy atom. The molecule has 0 radical (unpaired) electrons. The van der Waals surface area contributed by atoms with Crippen molar-refractivity contribution in [1.29, 1.82) is 0 Å². The number of nitrogens with two attached hydrogens (primary N) is 1. The number of hydrogen-bond donors (Lipinski definition) is 3. The van der Waals surface area contributed by atoms with E-state index in [-0.39, 0.29) is 23.9 Å². The van der Waals surface area contributed by atoms with E-state index in [4.69, 9.17) is 15.6 Å². The Bertz CT molecular complexity index is 406. The summed E-state index contributed by atoms with van der Waals surface area (Å²) in [6.45, 7) is 0.975. The first-order valence-electron chi connectivity index (χ1n) is 5.02. The van der Waals surface area contributed by atoms with Gasteiger partial charge in [-0.05, 0) is 24.3 Å². The van der Waals surface area contributed by atoms with Crippen LogP contribution in [0, 0.1) is 0 Å². The van der Waals surface area contributed by atoms with Gasteiger partial charge in [-0.15, -0.1) is 12.4 Å². The number of ether oxygens (including phenoxy) is 1. The highest BCUT2D eigenvalue weighted by atomic mass is 35.5. The van der Waals surface area contributed by atoms with Crippen molar-refractivity contribution in [3.05, 3.63) is 29.8 Å². The maximum Gasteiger partial charge on any atom is 0.335 e. The van der Waals surface area contributed by atoms with Gasteiger partial charge in [-0.1, -0.05) is 0 Å². The molecule has 0 atom stereocenters. The molecule has 1 rings (SSSR count). The van der Waals surface area contributed by atoms with Gasteiger partial charge in [-0.3, -0.25) is 4.99 Å². The Kier molecular flexibility index (Phi) is 7.50. The highest BCUT2D eigenvalue weighted by molar-refractivity contribution is 5.93. The molecule has 7 heteroatoms. The Hall–Kier alpha value is -1.79. The van der Waals surface area contributed by atoms with E-state index in [1.807, 2.05) is 0 Å². The van der Waals surface area contributed by atoms with Gasteiger partial charge in [-0.25, -0.2) is 4.79 Å². The molecule has 0 fully saturated rings. The summed E-state index contributed by atoms with van der Waals surface area (Å²) < 4.78 is 4.83. The number of anilines is 1.